The molecule has 1 aromatic heterocycles. The molecule has 5 rings (SSSR count). The minimum Gasteiger partial charge on any atom is -0.507 e. The van der Waals surface area contributed by atoms with Crippen LogP contribution in [0.5, 0.6) is 5.75 Å². The number of phenolic OH excluding ortho intramolecular Hbond substituents is 1. The van der Waals surface area contributed by atoms with Gasteiger partial charge in [-0.2, -0.15) is 0 Å². The number of benzene rings is 4. The van der Waals surface area contributed by atoms with Crippen molar-refractivity contribution in [2.75, 3.05) is 5.75 Å². The Morgan fingerprint density at radius 3 is 2.54 bits per heavy atom. The predicted octanol–water partition coefficient (Wildman–Crippen LogP) is 8.16. The maximum absolute atomic E-state index is 12.7. The summed E-state index contributed by atoms with van der Waals surface area (Å²) >= 11 is 6.40. The van der Waals surface area contributed by atoms with Crippen LogP contribution in [0.15, 0.2) is 105 Å². The van der Waals surface area contributed by atoms with Gasteiger partial charge in [-0.05, 0) is 47.5 Å². The fraction of sp³-hybridized carbons (Fsp3) is 0.0357. The number of phenols is 1. The molecule has 0 unspecified atom stereocenters. The van der Waals surface area contributed by atoms with E-state index in [0.717, 1.165) is 35.8 Å². The van der Waals surface area contributed by atoms with Crippen LogP contribution < -0.4 is 0 Å². The third kappa shape index (κ3) is 5.70. The number of thioether (sulfide) groups is 1. The molecule has 7 heteroatoms. The molecule has 1 N–H and O–H groups in total. The van der Waals surface area contributed by atoms with Crippen molar-refractivity contribution in [1.29, 1.82) is 0 Å². The zero-order valence-electron chi connectivity index (χ0n) is 18.4. The van der Waals surface area contributed by atoms with Gasteiger partial charge in [0.1, 0.15) is 5.75 Å². The normalized spacial score (nSPS) is 11.3. The molecule has 0 atom stereocenters. The monoisotopic (exact) mass is 558 g/mol. The number of carbonyl (C=O) groups is 1. The second kappa shape index (κ2) is 10.6. The van der Waals surface area contributed by atoms with E-state index in [2.05, 4.69) is 38.0 Å². The standard InChI is InChI=1S/C28H19BrN2O2S2/c29-22-10-13-25(32)21(14-22)16-30-23-11-12-24-27(15-23)35-28(31-24)34-17-26(33)20-8-6-19(7-9-20)18-4-2-1-3-5-18/h1-16,32H,17H2. The zero-order chi connectivity index (χ0) is 24.2. The number of halogens is 1. The highest BCUT2D eigenvalue weighted by atomic mass is 79.9. The first-order valence-electron chi connectivity index (χ1n) is 10.8. The van der Waals surface area contributed by atoms with Crippen LogP contribution in [0, 0.1) is 0 Å². The molecule has 0 radical (unpaired) electrons. The number of hydrogen-bond donors (Lipinski definition) is 1. The van der Waals surface area contributed by atoms with Gasteiger partial charge < -0.3 is 5.11 Å². The van der Waals surface area contributed by atoms with Crippen molar-refractivity contribution in [1.82, 2.24) is 4.98 Å². The summed E-state index contributed by atoms with van der Waals surface area (Å²) in [5.41, 5.74) is 5.20. The summed E-state index contributed by atoms with van der Waals surface area (Å²) in [6.07, 6.45) is 1.64. The fourth-order valence-electron chi connectivity index (χ4n) is 3.50. The number of fused-ring (bicyclic) bond motifs is 1. The van der Waals surface area contributed by atoms with E-state index in [1.165, 1.54) is 11.8 Å². The maximum Gasteiger partial charge on any atom is 0.173 e. The minimum atomic E-state index is 0.0768. The quantitative estimate of drug-likeness (QED) is 0.124. The van der Waals surface area contributed by atoms with Crippen LogP contribution in [-0.2, 0) is 0 Å². The Morgan fingerprint density at radius 1 is 0.971 bits per heavy atom. The van der Waals surface area contributed by atoms with Crippen LogP contribution in [0.4, 0.5) is 5.69 Å². The van der Waals surface area contributed by atoms with Crippen LogP contribution in [-0.4, -0.2) is 27.8 Å². The summed E-state index contributed by atoms with van der Waals surface area (Å²) in [5.74, 6) is 0.583. The second-order valence-corrected chi connectivity index (χ2v) is 10.9. The molecule has 0 aliphatic heterocycles. The smallest absolute Gasteiger partial charge is 0.173 e. The third-order valence-electron chi connectivity index (χ3n) is 5.34. The van der Waals surface area contributed by atoms with Crippen molar-refractivity contribution in [3.05, 3.63) is 107 Å². The molecule has 0 saturated carbocycles. The van der Waals surface area contributed by atoms with Gasteiger partial charge in [0.05, 0.1) is 21.7 Å². The summed E-state index contributed by atoms with van der Waals surface area (Å²) in [7, 11) is 0. The van der Waals surface area contributed by atoms with Gasteiger partial charge in [-0.3, -0.25) is 9.79 Å². The van der Waals surface area contributed by atoms with E-state index >= 15 is 0 Å². The molecule has 35 heavy (non-hydrogen) atoms. The molecule has 1 heterocycles. The number of Topliss-reactive ketones (excluding diaryl/α,β-unsaturated/α-hetero) is 1. The number of thiazole rings is 1. The average Bonchev–Trinajstić information content (AvgIpc) is 3.30. The van der Waals surface area contributed by atoms with E-state index in [1.807, 2.05) is 66.7 Å². The van der Waals surface area contributed by atoms with Crippen LogP contribution in [0.3, 0.4) is 0 Å². The van der Waals surface area contributed by atoms with Crippen molar-refractivity contribution in [3.63, 3.8) is 0 Å². The number of aromatic nitrogens is 1. The zero-order valence-corrected chi connectivity index (χ0v) is 21.6. The molecule has 0 fully saturated rings. The number of ketones is 1. The summed E-state index contributed by atoms with van der Waals surface area (Å²) in [6.45, 7) is 0. The Hall–Kier alpha value is -3.26. The topological polar surface area (TPSA) is 62.5 Å². The van der Waals surface area contributed by atoms with E-state index < -0.39 is 0 Å². The Labute approximate surface area is 219 Å². The van der Waals surface area contributed by atoms with Crippen molar-refractivity contribution in [3.8, 4) is 16.9 Å². The number of nitrogens with zero attached hydrogens (tertiary/aromatic N) is 2. The summed E-state index contributed by atoms with van der Waals surface area (Å²) in [6, 6.07) is 28.9. The van der Waals surface area contributed by atoms with Gasteiger partial charge in [0, 0.05) is 21.8 Å². The molecule has 0 amide bonds. The molecule has 0 aliphatic carbocycles. The van der Waals surface area contributed by atoms with E-state index in [4.69, 9.17) is 0 Å². The Morgan fingerprint density at radius 2 is 1.74 bits per heavy atom. The first-order chi connectivity index (χ1) is 17.0. The predicted molar refractivity (Wildman–Crippen MR) is 150 cm³/mol. The first kappa shape index (κ1) is 23.5. The van der Waals surface area contributed by atoms with Gasteiger partial charge >= 0.3 is 0 Å². The van der Waals surface area contributed by atoms with Crippen molar-refractivity contribution in [2.24, 2.45) is 4.99 Å². The highest BCUT2D eigenvalue weighted by Gasteiger charge is 2.11. The van der Waals surface area contributed by atoms with Gasteiger partial charge in [0.2, 0.25) is 0 Å². The lowest BCUT2D eigenvalue weighted by atomic mass is 10.0. The van der Waals surface area contributed by atoms with Crippen LogP contribution in [0.2, 0.25) is 0 Å². The fourth-order valence-corrected chi connectivity index (χ4v) is 5.87. The van der Waals surface area contributed by atoms with Gasteiger partial charge in [-0.1, -0.05) is 82.3 Å². The lowest BCUT2D eigenvalue weighted by molar-refractivity contribution is 0.102. The Balaban J connectivity index is 1.25. The lowest BCUT2D eigenvalue weighted by Crippen LogP contribution is -2.01. The van der Waals surface area contributed by atoms with Crippen LogP contribution in [0.1, 0.15) is 15.9 Å². The van der Waals surface area contributed by atoms with Crippen LogP contribution >= 0.6 is 39.0 Å². The van der Waals surface area contributed by atoms with E-state index in [0.29, 0.717) is 16.9 Å². The van der Waals surface area contributed by atoms with E-state index in [-0.39, 0.29) is 11.5 Å². The van der Waals surface area contributed by atoms with Gasteiger partial charge in [-0.25, -0.2) is 4.98 Å². The van der Waals surface area contributed by atoms with E-state index in [1.54, 1.807) is 29.7 Å². The Kier molecular flexibility index (Phi) is 7.08. The lowest BCUT2D eigenvalue weighted by Gasteiger charge is -2.03. The van der Waals surface area contributed by atoms with Gasteiger partial charge in [0.15, 0.2) is 10.1 Å². The maximum atomic E-state index is 12.7. The SMILES string of the molecule is O=C(CSc1nc2ccc(N=Cc3cc(Br)ccc3O)cc2s1)c1ccc(-c2ccccc2)cc1. The van der Waals surface area contributed by atoms with Crippen LogP contribution in [0.25, 0.3) is 21.3 Å². The average molecular weight is 560 g/mol. The minimum absolute atomic E-state index is 0.0768. The number of aliphatic imine (C=N–C) groups is 1. The number of rotatable bonds is 7. The molecule has 0 bridgehead atoms. The molecule has 4 aromatic carbocycles. The first-order valence-corrected chi connectivity index (χ1v) is 13.4. The summed E-state index contributed by atoms with van der Waals surface area (Å²) in [5, 5.41) is 9.99. The molecule has 172 valence electrons. The molecule has 4 nitrogen and oxygen atoms in total. The van der Waals surface area contributed by atoms with Gasteiger partial charge in [-0.15, -0.1) is 11.3 Å². The third-order valence-corrected chi connectivity index (χ3v) is 7.99. The number of carbonyl (C=O) groups excluding carboxylic acids is 1. The Bertz CT molecular complexity index is 1530. The largest absolute Gasteiger partial charge is 0.507 e. The number of hydrogen-bond acceptors (Lipinski definition) is 6. The van der Waals surface area contributed by atoms with Crippen molar-refractivity contribution in [2.45, 2.75) is 4.34 Å². The summed E-state index contributed by atoms with van der Waals surface area (Å²) < 4.78 is 2.72. The molecular weight excluding hydrogens is 540 g/mol. The highest BCUT2D eigenvalue weighted by molar-refractivity contribution is 9.10. The second-order valence-electron chi connectivity index (χ2n) is 7.75. The van der Waals surface area contributed by atoms with Crippen molar-refractivity contribution >= 4 is 66.9 Å². The molecular formula is C28H19BrN2O2S2. The van der Waals surface area contributed by atoms with Crippen molar-refractivity contribution < 1.29 is 9.90 Å². The molecule has 5 aromatic rings. The molecule has 0 spiro atoms. The molecule has 0 saturated heterocycles. The summed E-state index contributed by atoms with van der Waals surface area (Å²) in [4.78, 5) is 21.9. The highest BCUT2D eigenvalue weighted by Crippen LogP contribution is 2.32. The number of aromatic hydroxyl groups is 1. The van der Waals surface area contributed by atoms with E-state index in [9.17, 15) is 9.90 Å². The van der Waals surface area contributed by atoms with Gasteiger partial charge in [0.25, 0.3) is 0 Å². The molecule has 0 aliphatic rings.